The van der Waals surface area contributed by atoms with Gasteiger partial charge in [0.25, 0.3) is 0 Å². The third-order valence-electron chi connectivity index (χ3n) is 6.28. The minimum absolute atomic E-state index is 0.0761. The lowest BCUT2D eigenvalue weighted by Crippen LogP contribution is -2.36. The van der Waals surface area contributed by atoms with E-state index in [1.165, 1.54) is 18.3 Å². The summed E-state index contributed by atoms with van der Waals surface area (Å²) in [6.07, 6.45) is -1.95. The van der Waals surface area contributed by atoms with Gasteiger partial charge in [0.15, 0.2) is 0 Å². The van der Waals surface area contributed by atoms with Gasteiger partial charge in [-0.3, -0.25) is 5.10 Å². The second-order valence-electron chi connectivity index (χ2n) is 8.43. The van der Waals surface area contributed by atoms with E-state index < -0.39 is 18.3 Å². The summed E-state index contributed by atoms with van der Waals surface area (Å²) in [7, 11) is 0. The first-order chi connectivity index (χ1) is 17.0. The number of aliphatic hydroxyl groups excluding tert-OH is 2. The molecule has 4 aromatic rings. The van der Waals surface area contributed by atoms with E-state index in [1.807, 2.05) is 36.4 Å². The van der Waals surface area contributed by atoms with E-state index in [0.717, 1.165) is 22.3 Å². The van der Waals surface area contributed by atoms with E-state index in [9.17, 15) is 19.4 Å². The molecule has 8 heteroatoms. The lowest BCUT2D eigenvalue weighted by Gasteiger charge is -2.19. The molecule has 7 nitrogen and oxygen atoms in total. The fourth-order valence-corrected chi connectivity index (χ4v) is 4.52. The number of aromatic amines is 1. The number of aliphatic hydroxyl groups is 2. The Hall–Kier alpha value is -4.01. The van der Waals surface area contributed by atoms with Gasteiger partial charge in [-0.15, -0.1) is 0 Å². The monoisotopic (exact) mass is 473 g/mol. The highest BCUT2D eigenvalue weighted by Crippen LogP contribution is 2.44. The van der Waals surface area contributed by atoms with E-state index in [-0.39, 0.29) is 24.9 Å². The average Bonchev–Trinajstić information content (AvgIpc) is 3.49. The Bertz CT molecular complexity index is 1290. The largest absolute Gasteiger partial charge is 0.449 e. The van der Waals surface area contributed by atoms with Crippen molar-refractivity contribution in [1.29, 1.82) is 0 Å². The molecule has 0 saturated carbocycles. The molecule has 0 aliphatic heterocycles. The summed E-state index contributed by atoms with van der Waals surface area (Å²) in [6.45, 7) is -0.0825. The van der Waals surface area contributed by atoms with Crippen molar-refractivity contribution in [2.75, 3.05) is 13.2 Å². The number of nitrogens with zero attached hydrogens (tertiary/aromatic N) is 1. The van der Waals surface area contributed by atoms with Crippen LogP contribution in [0.3, 0.4) is 0 Å². The van der Waals surface area contributed by atoms with Gasteiger partial charge in [-0.1, -0.05) is 48.5 Å². The molecule has 35 heavy (non-hydrogen) atoms. The maximum atomic E-state index is 13.2. The van der Waals surface area contributed by atoms with Crippen molar-refractivity contribution >= 4 is 6.09 Å². The molecule has 1 amide bonds. The highest BCUT2D eigenvalue weighted by molar-refractivity contribution is 5.79. The second-order valence-corrected chi connectivity index (χ2v) is 8.43. The quantitative estimate of drug-likeness (QED) is 0.323. The van der Waals surface area contributed by atoms with Gasteiger partial charge in [0.2, 0.25) is 0 Å². The molecule has 5 rings (SSSR count). The number of nitrogens with one attached hydrogen (secondary N) is 2. The molecule has 2 unspecified atom stereocenters. The summed E-state index contributed by atoms with van der Waals surface area (Å²) in [4.78, 5) is 12.4. The number of hydrogen-bond donors (Lipinski definition) is 4. The Kier molecular flexibility index (Phi) is 6.31. The Labute approximate surface area is 201 Å². The molecular weight excluding hydrogens is 449 g/mol. The average molecular weight is 474 g/mol. The molecule has 1 aliphatic carbocycles. The molecular formula is C27H24FN3O4. The Balaban J connectivity index is 1.19. The third kappa shape index (κ3) is 4.53. The first-order valence-corrected chi connectivity index (χ1v) is 11.3. The number of halogens is 1. The number of hydrogen-bond acceptors (Lipinski definition) is 5. The summed E-state index contributed by atoms with van der Waals surface area (Å²) in [5.74, 6) is -0.462. The molecule has 1 heterocycles. The van der Waals surface area contributed by atoms with Crippen LogP contribution in [0.5, 0.6) is 0 Å². The van der Waals surface area contributed by atoms with Crippen LogP contribution in [0.2, 0.25) is 0 Å². The smallest absolute Gasteiger partial charge is 0.407 e. The van der Waals surface area contributed by atoms with Crippen LogP contribution >= 0.6 is 0 Å². The minimum Gasteiger partial charge on any atom is -0.449 e. The maximum Gasteiger partial charge on any atom is 0.407 e. The molecule has 0 saturated heterocycles. The van der Waals surface area contributed by atoms with Crippen molar-refractivity contribution in [2.24, 2.45) is 0 Å². The SMILES string of the molecule is O=C(NCC(O)C(O)c1cn[nH]c1-c1ccc(F)cc1)OCC1c2ccccc2-c2ccccc21. The van der Waals surface area contributed by atoms with Crippen molar-refractivity contribution in [1.82, 2.24) is 15.5 Å². The lowest BCUT2D eigenvalue weighted by molar-refractivity contribution is 0.0189. The fraction of sp³-hybridized carbons (Fsp3) is 0.185. The van der Waals surface area contributed by atoms with Crippen LogP contribution in [0.25, 0.3) is 22.4 Å². The number of carbonyl (C=O) groups excluding carboxylic acids is 1. The molecule has 1 aliphatic rings. The summed E-state index contributed by atoms with van der Waals surface area (Å²) in [5.41, 5.74) is 5.86. The molecule has 2 atom stereocenters. The van der Waals surface area contributed by atoms with Crippen molar-refractivity contribution in [3.05, 3.63) is 102 Å². The number of ether oxygens (including phenoxy) is 1. The summed E-state index contributed by atoms with van der Waals surface area (Å²) >= 11 is 0. The van der Waals surface area contributed by atoms with Crippen LogP contribution in [0.1, 0.15) is 28.7 Å². The molecule has 0 spiro atoms. The molecule has 0 bridgehead atoms. The first-order valence-electron chi connectivity index (χ1n) is 11.3. The van der Waals surface area contributed by atoms with Gasteiger partial charge in [0.1, 0.15) is 24.6 Å². The molecule has 0 radical (unpaired) electrons. The summed E-state index contributed by atoms with van der Waals surface area (Å²) < 4.78 is 18.7. The fourth-order valence-electron chi connectivity index (χ4n) is 4.52. The van der Waals surface area contributed by atoms with Crippen molar-refractivity contribution in [3.63, 3.8) is 0 Å². The van der Waals surface area contributed by atoms with Gasteiger partial charge in [-0.2, -0.15) is 5.10 Å². The lowest BCUT2D eigenvalue weighted by atomic mass is 9.98. The van der Waals surface area contributed by atoms with E-state index in [2.05, 4.69) is 27.6 Å². The number of alkyl carbamates (subject to hydrolysis) is 1. The van der Waals surface area contributed by atoms with Crippen LogP contribution in [-0.4, -0.2) is 45.8 Å². The van der Waals surface area contributed by atoms with E-state index >= 15 is 0 Å². The molecule has 3 aromatic carbocycles. The zero-order valence-corrected chi connectivity index (χ0v) is 18.7. The second kappa shape index (κ2) is 9.69. The van der Waals surface area contributed by atoms with Gasteiger partial charge in [0, 0.05) is 23.6 Å². The van der Waals surface area contributed by atoms with Crippen LogP contribution < -0.4 is 5.32 Å². The molecule has 0 fully saturated rings. The molecule has 4 N–H and O–H groups in total. The molecule has 1 aromatic heterocycles. The Morgan fingerprint density at radius 2 is 1.63 bits per heavy atom. The van der Waals surface area contributed by atoms with E-state index in [1.54, 1.807) is 12.1 Å². The standard InChI is InChI=1S/C27H24FN3O4/c28-17-11-9-16(10-12-17)25-22(13-30-31-25)26(33)24(32)14-29-27(34)35-15-23-20-7-3-1-5-18(20)19-6-2-4-8-21(19)23/h1-13,23-24,26,32-33H,14-15H2,(H,29,34)(H,30,31). The van der Waals surface area contributed by atoms with Crippen molar-refractivity contribution < 1.29 is 24.1 Å². The van der Waals surface area contributed by atoms with E-state index in [0.29, 0.717) is 16.8 Å². The summed E-state index contributed by atoms with van der Waals surface area (Å²) in [5, 5.41) is 30.3. The van der Waals surface area contributed by atoms with Crippen LogP contribution in [-0.2, 0) is 4.74 Å². The third-order valence-corrected chi connectivity index (χ3v) is 6.28. The molecule has 178 valence electrons. The van der Waals surface area contributed by atoms with Crippen molar-refractivity contribution in [3.8, 4) is 22.4 Å². The summed E-state index contributed by atoms with van der Waals surface area (Å²) in [6, 6.07) is 21.8. The van der Waals surface area contributed by atoms with E-state index in [4.69, 9.17) is 4.74 Å². The Morgan fingerprint density at radius 1 is 1.00 bits per heavy atom. The number of benzene rings is 3. The number of carbonyl (C=O) groups is 1. The zero-order chi connectivity index (χ0) is 24.4. The number of H-pyrrole nitrogens is 1. The topological polar surface area (TPSA) is 107 Å². The maximum absolute atomic E-state index is 13.2. The Morgan fingerprint density at radius 3 is 2.29 bits per heavy atom. The predicted octanol–water partition coefficient (Wildman–Crippen LogP) is 4.15. The van der Waals surface area contributed by atoms with Gasteiger partial charge in [0.05, 0.1) is 11.9 Å². The van der Waals surface area contributed by atoms with Crippen LogP contribution in [0.15, 0.2) is 79.0 Å². The van der Waals surface area contributed by atoms with Gasteiger partial charge >= 0.3 is 6.09 Å². The van der Waals surface area contributed by atoms with Gasteiger partial charge < -0.3 is 20.3 Å². The minimum atomic E-state index is -1.33. The van der Waals surface area contributed by atoms with Crippen LogP contribution in [0, 0.1) is 5.82 Å². The predicted molar refractivity (Wildman–Crippen MR) is 128 cm³/mol. The number of rotatable bonds is 7. The number of fused-ring (bicyclic) bond motifs is 3. The van der Waals surface area contributed by atoms with Crippen LogP contribution in [0.4, 0.5) is 9.18 Å². The first kappa shape index (κ1) is 22.8. The highest BCUT2D eigenvalue weighted by atomic mass is 19.1. The number of amides is 1. The zero-order valence-electron chi connectivity index (χ0n) is 18.7. The van der Waals surface area contributed by atoms with Gasteiger partial charge in [-0.05, 0) is 46.5 Å². The normalized spacial score (nSPS) is 14.1. The number of aromatic nitrogens is 2. The van der Waals surface area contributed by atoms with Gasteiger partial charge in [-0.25, -0.2) is 9.18 Å². The van der Waals surface area contributed by atoms with Crippen molar-refractivity contribution in [2.45, 2.75) is 18.1 Å². The highest BCUT2D eigenvalue weighted by Gasteiger charge is 2.29.